The molecule has 92 valence electrons. The first-order valence-corrected chi connectivity index (χ1v) is 6.13. The zero-order chi connectivity index (χ0) is 13.5. The normalized spacial score (nSPS) is 9.58. The summed E-state index contributed by atoms with van der Waals surface area (Å²) in [5, 5.41) is 3.38. The summed E-state index contributed by atoms with van der Waals surface area (Å²) in [7, 11) is 0. The minimum absolute atomic E-state index is 0.788. The quantitative estimate of drug-likeness (QED) is 0.817. The van der Waals surface area contributed by atoms with Gasteiger partial charge < -0.3 is 5.32 Å². The van der Waals surface area contributed by atoms with E-state index >= 15 is 0 Å². The molecule has 0 unspecified atom stereocenters. The Morgan fingerprint density at radius 1 is 0.789 bits per heavy atom. The molecule has 1 N–H and O–H groups in total. The van der Waals surface area contributed by atoms with Crippen LogP contribution in [0.3, 0.4) is 0 Å². The second-order valence-corrected chi connectivity index (χ2v) is 4.29. The first-order valence-electron chi connectivity index (χ1n) is 6.13. The van der Waals surface area contributed by atoms with Crippen LogP contribution in [0.25, 0.3) is 0 Å². The van der Waals surface area contributed by atoms with Gasteiger partial charge in [0.1, 0.15) is 0 Å². The SMILES string of the molecule is C#Cc1cccc(CNCc2cccc(C#C)c2)c1. The van der Waals surface area contributed by atoms with Gasteiger partial charge in [-0.15, -0.1) is 12.8 Å². The molecule has 1 nitrogen and oxygen atoms in total. The van der Waals surface area contributed by atoms with E-state index in [9.17, 15) is 0 Å². The van der Waals surface area contributed by atoms with Gasteiger partial charge in [-0.3, -0.25) is 0 Å². The van der Waals surface area contributed by atoms with Gasteiger partial charge in [-0.25, -0.2) is 0 Å². The largest absolute Gasteiger partial charge is 0.309 e. The Bertz CT molecular complexity index is 584. The van der Waals surface area contributed by atoms with Gasteiger partial charge in [0.05, 0.1) is 0 Å². The molecule has 19 heavy (non-hydrogen) atoms. The first kappa shape index (κ1) is 13.0. The molecule has 0 radical (unpaired) electrons. The van der Waals surface area contributed by atoms with Crippen molar-refractivity contribution in [2.45, 2.75) is 13.1 Å². The zero-order valence-electron chi connectivity index (χ0n) is 10.7. The molecule has 2 rings (SSSR count). The van der Waals surface area contributed by atoms with E-state index < -0.39 is 0 Å². The van der Waals surface area contributed by atoms with Gasteiger partial charge in [-0.05, 0) is 35.4 Å². The van der Waals surface area contributed by atoms with Gasteiger partial charge in [-0.2, -0.15) is 0 Å². The molecule has 0 heterocycles. The van der Waals surface area contributed by atoms with Crippen LogP contribution < -0.4 is 5.32 Å². The summed E-state index contributed by atoms with van der Waals surface area (Å²) in [5.41, 5.74) is 4.19. The fraction of sp³-hybridized carbons (Fsp3) is 0.111. The molecule has 0 spiro atoms. The molecule has 2 aromatic carbocycles. The second-order valence-electron chi connectivity index (χ2n) is 4.29. The summed E-state index contributed by atoms with van der Waals surface area (Å²) in [6.45, 7) is 1.58. The standard InChI is InChI=1S/C18H15N/c1-3-15-7-5-9-17(11-15)13-19-14-18-10-6-8-16(4-2)12-18/h1-2,5-12,19H,13-14H2. The van der Waals surface area contributed by atoms with E-state index in [4.69, 9.17) is 12.8 Å². The fourth-order valence-electron chi connectivity index (χ4n) is 1.89. The van der Waals surface area contributed by atoms with Crippen molar-refractivity contribution in [3.05, 3.63) is 70.8 Å². The van der Waals surface area contributed by atoms with Crippen molar-refractivity contribution >= 4 is 0 Å². The van der Waals surface area contributed by atoms with E-state index in [1.165, 1.54) is 11.1 Å². The van der Waals surface area contributed by atoms with Crippen LogP contribution in [-0.2, 0) is 13.1 Å². The van der Waals surface area contributed by atoms with Gasteiger partial charge in [0, 0.05) is 24.2 Å². The highest BCUT2D eigenvalue weighted by Gasteiger charge is 1.96. The molecule has 0 bridgehead atoms. The summed E-state index contributed by atoms with van der Waals surface area (Å²) < 4.78 is 0. The molecule has 0 aliphatic carbocycles. The molecule has 0 fully saturated rings. The third-order valence-corrected chi connectivity index (χ3v) is 2.85. The molecule has 2 aromatic rings. The van der Waals surface area contributed by atoms with Crippen LogP contribution in [0.4, 0.5) is 0 Å². The highest BCUT2D eigenvalue weighted by molar-refractivity contribution is 5.36. The Kier molecular flexibility index (Phi) is 4.40. The minimum atomic E-state index is 0.788. The van der Waals surface area contributed by atoms with Crippen molar-refractivity contribution in [1.29, 1.82) is 0 Å². The van der Waals surface area contributed by atoms with Crippen LogP contribution in [0.2, 0.25) is 0 Å². The predicted octanol–water partition coefficient (Wildman–Crippen LogP) is 2.94. The van der Waals surface area contributed by atoms with Crippen molar-refractivity contribution in [3.63, 3.8) is 0 Å². The number of rotatable bonds is 4. The molecule has 0 atom stereocenters. The Labute approximate surface area is 114 Å². The van der Waals surface area contributed by atoms with Crippen LogP contribution in [0.1, 0.15) is 22.3 Å². The Morgan fingerprint density at radius 3 is 1.68 bits per heavy atom. The number of terminal acetylenes is 2. The summed E-state index contributed by atoms with van der Waals surface area (Å²) in [5.74, 6) is 5.28. The van der Waals surface area contributed by atoms with Crippen molar-refractivity contribution in [2.24, 2.45) is 0 Å². The minimum Gasteiger partial charge on any atom is -0.309 e. The molecule has 0 amide bonds. The first-order chi connectivity index (χ1) is 9.31. The lowest BCUT2D eigenvalue weighted by Crippen LogP contribution is -2.12. The van der Waals surface area contributed by atoms with E-state index in [2.05, 4.69) is 29.3 Å². The van der Waals surface area contributed by atoms with Crippen LogP contribution in [0, 0.1) is 24.7 Å². The predicted molar refractivity (Wildman–Crippen MR) is 79.3 cm³/mol. The van der Waals surface area contributed by atoms with E-state index in [-0.39, 0.29) is 0 Å². The molecule has 0 aliphatic heterocycles. The third kappa shape index (κ3) is 3.75. The van der Waals surface area contributed by atoms with Crippen molar-refractivity contribution in [2.75, 3.05) is 0 Å². The van der Waals surface area contributed by atoms with Crippen molar-refractivity contribution in [3.8, 4) is 24.7 Å². The van der Waals surface area contributed by atoms with Gasteiger partial charge >= 0.3 is 0 Å². The molecular weight excluding hydrogens is 230 g/mol. The van der Waals surface area contributed by atoms with E-state index in [1.54, 1.807) is 0 Å². The topological polar surface area (TPSA) is 12.0 Å². The van der Waals surface area contributed by atoms with E-state index in [0.29, 0.717) is 0 Å². The molecular formula is C18H15N. The summed E-state index contributed by atoms with van der Waals surface area (Å²) >= 11 is 0. The summed E-state index contributed by atoms with van der Waals surface area (Å²) in [4.78, 5) is 0. The smallest absolute Gasteiger partial charge is 0.0245 e. The van der Waals surface area contributed by atoms with E-state index in [1.807, 2.05) is 36.4 Å². The summed E-state index contributed by atoms with van der Waals surface area (Å²) in [6.07, 6.45) is 10.8. The highest BCUT2D eigenvalue weighted by Crippen LogP contribution is 2.06. The molecule has 0 aromatic heterocycles. The van der Waals surface area contributed by atoms with Crippen LogP contribution >= 0.6 is 0 Å². The molecule has 0 saturated carbocycles. The third-order valence-electron chi connectivity index (χ3n) is 2.85. The van der Waals surface area contributed by atoms with Crippen LogP contribution in [-0.4, -0.2) is 0 Å². The number of hydrogen-bond acceptors (Lipinski definition) is 1. The molecule has 0 saturated heterocycles. The number of nitrogens with one attached hydrogen (secondary N) is 1. The molecule has 1 heteroatoms. The number of hydrogen-bond donors (Lipinski definition) is 1. The average molecular weight is 245 g/mol. The average Bonchev–Trinajstić information content (AvgIpc) is 2.48. The van der Waals surface area contributed by atoms with Gasteiger partial charge in [0.2, 0.25) is 0 Å². The van der Waals surface area contributed by atoms with Gasteiger partial charge in [-0.1, -0.05) is 36.1 Å². The van der Waals surface area contributed by atoms with Crippen LogP contribution in [0.5, 0.6) is 0 Å². The number of benzene rings is 2. The highest BCUT2D eigenvalue weighted by atomic mass is 14.8. The molecule has 0 aliphatic rings. The summed E-state index contributed by atoms with van der Waals surface area (Å²) in [6, 6.07) is 16.0. The van der Waals surface area contributed by atoms with Gasteiger partial charge in [0.25, 0.3) is 0 Å². The lowest BCUT2D eigenvalue weighted by molar-refractivity contribution is 0.693. The van der Waals surface area contributed by atoms with Crippen LogP contribution in [0.15, 0.2) is 48.5 Å². The maximum atomic E-state index is 5.38. The lowest BCUT2D eigenvalue weighted by Gasteiger charge is -2.06. The lowest BCUT2D eigenvalue weighted by atomic mass is 10.1. The second kappa shape index (κ2) is 6.45. The van der Waals surface area contributed by atoms with E-state index in [0.717, 1.165) is 24.2 Å². The maximum absolute atomic E-state index is 5.38. The Hall–Kier alpha value is -2.48. The monoisotopic (exact) mass is 245 g/mol. The Balaban J connectivity index is 1.93. The van der Waals surface area contributed by atoms with Crippen molar-refractivity contribution in [1.82, 2.24) is 5.32 Å². The van der Waals surface area contributed by atoms with Crippen molar-refractivity contribution < 1.29 is 0 Å². The zero-order valence-corrected chi connectivity index (χ0v) is 10.7. The Morgan fingerprint density at radius 2 is 1.26 bits per heavy atom. The van der Waals surface area contributed by atoms with Gasteiger partial charge in [0.15, 0.2) is 0 Å². The maximum Gasteiger partial charge on any atom is 0.0245 e. The fourth-order valence-corrected chi connectivity index (χ4v) is 1.89.